The Bertz CT molecular complexity index is 636. The molecule has 2 rings (SSSR count). The summed E-state index contributed by atoms with van der Waals surface area (Å²) in [6, 6.07) is 10.1. The third-order valence-electron chi connectivity index (χ3n) is 3.72. The van der Waals surface area contributed by atoms with E-state index in [1.54, 1.807) is 0 Å². The van der Waals surface area contributed by atoms with Crippen LogP contribution in [0.5, 0.6) is 0 Å². The molecule has 132 valence electrons. The fraction of sp³-hybridized carbons (Fsp3) is 0.444. The first kappa shape index (κ1) is 20.5. The molecule has 0 saturated heterocycles. The summed E-state index contributed by atoms with van der Waals surface area (Å²) in [7, 11) is 0. The van der Waals surface area contributed by atoms with Crippen LogP contribution in [0.2, 0.25) is 0 Å². The van der Waals surface area contributed by atoms with Gasteiger partial charge in [0.1, 0.15) is 0 Å². The maximum atomic E-state index is 5.95. The van der Waals surface area contributed by atoms with Gasteiger partial charge in [0.05, 0.1) is 17.9 Å². The topological polar surface area (TPSA) is 68.2 Å². The smallest absolute Gasteiger partial charge is 0.188 e. The van der Waals surface area contributed by atoms with Crippen LogP contribution < -0.4 is 11.1 Å². The molecule has 0 unspecified atom stereocenters. The Labute approximate surface area is 161 Å². The molecular weight excluding hydrogens is 413 g/mol. The van der Waals surface area contributed by atoms with E-state index in [-0.39, 0.29) is 24.0 Å². The summed E-state index contributed by atoms with van der Waals surface area (Å²) in [4.78, 5) is 4.45. The second-order valence-electron chi connectivity index (χ2n) is 5.72. The quantitative estimate of drug-likeness (QED) is 0.284. The van der Waals surface area contributed by atoms with Gasteiger partial charge in [-0.05, 0) is 31.0 Å². The van der Waals surface area contributed by atoms with E-state index in [1.165, 1.54) is 19.3 Å². The molecule has 24 heavy (non-hydrogen) atoms. The predicted octanol–water partition coefficient (Wildman–Crippen LogP) is 3.78. The maximum absolute atomic E-state index is 5.95. The van der Waals surface area contributed by atoms with E-state index in [1.807, 2.05) is 42.1 Å². The van der Waals surface area contributed by atoms with Crippen LogP contribution in [0.15, 0.2) is 41.5 Å². The van der Waals surface area contributed by atoms with Gasteiger partial charge < -0.3 is 11.1 Å². The number of aryl methyl sites for hydroxylation is 1. The molecule has 1 heterocycles. The molecule has 1 aromatic heterocycles. The number of aliphatic imine (C=N–C) groups is 1. The Morgan fingerprint density at radius 2 is 2.00 bits per heavy atom. The first-order valence-corrected chi connectivity index (χ1v) is 8.35. The highest BCUT2D eigenvalue weighted by Gasteiger charge is 2.04. The fourth-order valence-corrected chi connectivity index (χ4v) is 2.41. The van der Waals surface area contributed by atoms with E-state index in [9.17, 15) is 0 Å². The minimum absolute atomic E-state index is 0. The molecule has 2 aromatic rings. The molecule has 0 fully saturated rings. The lowest BCUT2D eigenvalue weighted by Crippen LogP contribution is -2.32. The summed E-state index contributed by atoms with van der Waals surface area (Å²) in [5.41, 5.74) is 9.09. The molecule has 1 aromatic carbocycles. The van der Waals surface area contributed by atoms with Gasteiger partial charge in [-0.2, -0.15) is 5.10 Å². The lowest BCUT2D eigenvalue weighted by molar-refractivity contribution is 0.652. The predicted molar refractivity (Wildman–Crippen MR) is 111 cm³/mol. The molecular formula is C18H28IN5. The van der Waals surface area contributed by atoms with Gasteiger partial charge in [0.25, 0.3) is 0 Å². The largest absolute Gasteiger partial charge is 0.370 e. The van der Waals surface area contributed by atoms with Crippen LogP contribution in [-0.4, -0.2) is 22.3 Å². The highest BCUT2D eigenvalue weighted by Crippen LogP contribution is 2.15. The second-order valence-corrected chi connectivity index (χ2v) is 5.72. The van der Waals surface area contributed by atoms with Crippen LogP contribution in [-0.2, 0) is 6.54 Å². The molecule has 5 nitrogen and oxygen atoms in total. The Hall–Kier alpha value is -1.57. The Kier molecular flexibility index (Phi) is 9.44. The number of nitrogens with zero attached hydrogens (tertiary/aromatic N) is 3. The summed E-state index contributed by atoms with van der Waals surface area (Å²) < 4.78 is 1.88. The normalized spacial score (nSPS) is 11.2. The van der Waals surface area contributed by atoms with Gasteiger partial charge in [-0.1, -0.05) is 44.4 Å². The summed E-state index contributed by atoms with van der Waals surface area (Å²) in [6.07, 6.45) is 6.85. The number of benzene rings is 1. The number of guanidine groups is 1. The van der Waals surface area contributed by atoms with Crippen LogP contribution in [0, 0.1) is 6.92 Å². The van der Waals surface area contributed by atoms with Gasteiger partial charge in [-0.25, -0.2) is 9.67 Å². The zero-order chi connectivity index (χ0) is 16.5. The van der Waals surface area contributed by atoms with Gasteiger partial charge in [-0.15, -0.1) is 24.0 Å². The number of nitrogens with one attached hydrogen (secondary N) is 1. The molecule has 0 saturated carbocycles. The third kappa shape index (κ3) is 6.51. The maximum Gasteiger partial charge on any atom is 0.188 e. The molecule has 0 aliphatic carbocycles. The van der Waals surface area contributed by atoms with Crippen LogP contribution in [0.4, 0.5) is 0 Å². The molecule has 6 heteroatoms. The van der Waals surface area contributed by atoms with Crippen molar-refractivity contribution in [2.24, 2.45) is 10.7 Å². The van der Waals surface area contributed by atoms with Crippen molar-refractivity contribution < 1.29 is 0 Å². The number of hydrogen-bond acceptors (Lipinski definition) is 2. The molecule has 0 bridgehead atoms. The molecule has 0 radical (unpaired) electrons. The van der Waals surface area contributed by atoms with Crippen molar-refractivity contribution in [3.8, 4) is 5.69 Å². The number of nitrogens with two attached hydrogens (primary N) is 1. The van der Waals surface area contributed by atoms with E-state index in [0.29, 0.717) is 12.5 Å². The highest BCUT2D eigenvalue weighted by atomic mass is 127. The van der Waals surface area contributed by atoms with Crippen molar-refractivity contribution in [2.45, 2.75) is 46.1 Å². The molecule has 0 aliphatic heterocycles. The van der Waals surface area contributed by atoms with Crippen molar-refractivity contribution in [3.05, 3.63) is 47.8 Å². The average Bonchev–Trinajstić information content (AvgIpc) is 2.99. The van der Waals surface area contributed by atoms with Crippen molar-refractivity contribution in [1.29, 1.82) is 0 Å². The highest BCUT2D eigenvalue weighted by molar-refractivity contribution is 14.0. The van der Waals surface area contributed by atoms with Gasteiger partial charge in [0.2, 0.25) is 0 Å². The monoisotopic (exact) mass is 441 g/mol. The Balaban J connectivity index is 0.00000288. The van der Waals surface area contributed by atoms with Gasteiger partial charge in [-0.3, -0.25) is 0 Å². The lowest BCUT2D eigenvalue weighted by Gasteiger charge is -2.09. The third-order valence-corrected chi connectivity index (χ3v) is 3.72. The lowest BCUT2D eigenvalue weighted by atomic mass is 10.2. The van der Waals surface area contributed by atoms with Crippen molar-refractivity contribution in [1.82, 2.24) is 15.1 Å². The summed E-state index contributed by atoms with van der Waals surface area (Å²) in [5.74, 6) is 0.507. The van der Waals surface area contributed by atoms with E-state index in [2.05, 4.69) is 28.4 Å². The molecule has 0 aliphatic rings. The minimum atomic E-state index is 0. The first-order chi connectivity index (χ1) is 11.2. The van der Waals surface area contributed by atoms with Crippen LogP contribution in [0.3, 0.4) is 0 Å². The Morgan fingerprint density at radius 3 is 2.71 bits per heavy atom. The number of para-hydroxylation sites is 1. The van der Waals surface area contributed by atoms with E-state index in [0.717, 1.165) is 29.9 Å². The van der Waals surface area contributed by atoms with Crippen molar-refractivity contribution in [3.63, 3.8) is 0 Å². The SMILES string of the molecule is CCCCCCNC(N)=NCc1ccccc1-n1ccc(C)n1.I. The minimum Gasteiger partial charge on any atom is -0.370 e. The number of unbranched alkanes of at least 4 members (excludes halogenated alkanes) is 3. The average molecular weight is 441 g/mol. The van der Waals surface area contributed by atoms with Gasteiger partial charge in [0.15, 0.2) is 5.96 Å². The zero-order valence-corrected chi connectivity index (χ0v) is 16.9. The van der Waals surface area contributed by atoms with E-state index in [4.69, 9.17) is 5.73 Å². The van der Waals surface area contributed by atoms with E-state index >= 15 is 0 Å². The number of halogens is 1. The van der Waals surface area contributed by atoms with Crippen LogP contribution in [0.1, 0.15) is 43.9 Å². The molecule has 0 spiro atoms. The van der Waals surface area contributed by atoms with Crippen LogP contribution >= 0.6 is 24.0 Å². The van der Waals surface area contributed by atoms with Crippen LogP contribution in [0.25, 0.3) is 5.69 Å². The summed E-state index contributed by atoms with van der Waals surface area (Å²) in [6.45, 7) is 5.62. The first-order valence-electron chi connectivity index (χ1n) is 8.35. The van der Waals surface area contributed by atoms with Gasteiger partial charge >= 0.3 is 0 Å². The zero-order valence-electron chi connectivity index (χ0n) is 14.5. The number of hydrogen-bond donors (Lipinski definition) is 2. The summed E-state index contributed by atoms with van der Waals surface area (Å²) >= 11 is 0. The fourth-order valence-electron chi connectivity index (χ4n) is 2.41. The standard InChI is InChI=1S/C18H27N5.HI/c1-3-4-5-8-12-20-18(19)21-14-16-9-6-7-10-17(16)23-13-11-15(2)22-23;/h6-7,9-11,13H,3-5,8,12,14H2,1-2H3,(H3,19,20,21);1H. The summed E-state index contributed by atoms with van der Waals surface area (Å²) in [5, 5.41) is 7.65. The molecule has 0 atom stereocenters. The van der Waals surface area contributed by atoms with Crippen molar-refractivity contribution in [2.75, 3.05) is 6.54 Å². The molecule has 3 N–H and O–H groups in total. The number of rotatable bonds is 8. The Morgan fingerprint density at radius 1 is 1.21 bits per heavy atom. The van der Waals surface area contributed by atoms with E-state index < -0.39 is 0 Å². The number of aromatic nitrogens is 2. The van der Waals surface area contributed by atoms with Gasteiger partial charge in [0, 0.05) is 12.7 Å². The second kappa shape index (κ2) is 11.1. The molecule has 0 amide bonds. The van der Waals surface area contributed by atoms with Crippen molar-refractivity contribution >= 4 is 29.9 Å².